The predicted octanol–water partition coefficient (Wildman–Crippen LogP) is 0.258. The minimum absolute atomic E-state index is 0.0301. The molecular formula is C7H6F3N5O. The monoisotopic (exact) mass is 233 g/mol. The van der Waals surface area contributed by atoms with Crippen molar-refractivity contribution in [3.05, 3.63) is 16.2 Å². The van der Waals surface area contributed by atoms with Gasteiger partial charge in [0.1, 0.15) is 11.2 Å². The zero-order valence-corrected chi connectivity index (χ0v) is 7.96. The molecule has 2 heterocycles. The lowest BCUT2D eigenvalue weighted by molar-refractivity contribution is -0.144. The first kappa shape index (κ1) is 10.5. The number of aromatic amines is 1. The van der Waals surface area contributed by atoms with Crippen molar-refractivity contribution >= 4 is 16.9 Å². The molecule has 86 valence electrons. The highest BCUT2D eigenvalue weighted by molar-refractivity contribution is 5.85. The van der Waals surface area contributed by atoms with Gasteiger partial charge in [0.05, 0.1) is 0 Å². The summed E-state index contributed by atoms with van der Waals surface area (Å²) < 4.78 is 38.0. The van der Waals surface area contributed by atoms with Crippen molar-refractivity contribution in [2.45, 2.75) is 6.18 Å². The van der Waals surface area contributed by atoms with Crippen molar-refractivity contribution < 1.29 is 13.2 Å². The van der Waals surface area contributed by atoms with Gasteiger partial charge in [0.15, 0.2) is 5.65 Å². The molecule has 0 bridgehead atoms. The third kappa shape index (κ3) is 1.40. The number of fused-ring (bicyclic) bond motifs is 1. The highest BCUT2D eigenvalue weighted by Gasteiger charge is 2.35. The number of hydrogen-bond donors (Lipinski definition) is 2. The number of nitrogens with two attached hydrogens (primary N) is 1. The highest BCUT2D eigenvalue weighted by atomic mass is 19.4. The Balaban J connectivity index is 2.84. The van der Waals surface area contributed by atoms with Crippen LogP contribution in [0.3, 0.4) is 0 Å². The third-order valence-corrected chi connectivity index (χ3v) is 2.02. The van der Waals surface area contributed by atoms with Crippen LogP contribution >= 0.6 is 0 Å². The average Bonchev–Trinajstić information content (AvgIpc) is 2.41. The van der Waals surface area contributed by atoms with E-state index in [1.807, 2.05) is 0 Å². The number of halogens is 3. The van der Waals surface area contributed by atoms with Crippen LogP contribution in [0.1, 0.15) is 5.82 Å². The van der Waals surface area contributed by atoms with E-state index in [9.17, 15) is 18.0 Å². The summed E-state index contributed by atoms with van der Waals surface area (Å²) in [4.78, 5) is 16.2. The summed E-state index contributed by atoms with van der Waals surface area (Å²) in [6.07, 6.45) is -4.72. The first-order chi connectivity index (χ1) is 7.30. The molecule has 0 amide bonds. The second-order valence-corrected chi connectivity index (χ2v) is 3.12. The van der Waals surface area contributed by atoms with E-state index in [1.54, 1.807) is 4.98 Å². The summed E-state index contributed by atoms with van der Waals surface area (Å²) in [5, 5.41) is 3.47. The largest absolute Gasteiger partial charge is 0.449 e. The van der Waals surface area contributed by atoms with Crippen molar-refractivity contribution in [2.75, 3.05) is 5.73 Å². The second-order valence-electron chi connectivity index (χ2n) is 3.12. The Bertz CT molecular complexity index is 611. The number of nitrogens with zero attached hydrogens (tertiary/aromatic N) is 3. The highest BCUT2D eigenvalue weighted by Crippen LogP contribution is 2.26. The number of rotatable bonds is 0. The van der Waals surface area contributed by atoms with Gasteiger partial charge in [-0.15, -0.1) is 0 Å². The Morgan fingerprint density at radius 3 is 2.62 bits per heavy atom. The van der Waals surface area contributed by atoms with Crippen molar-refractivity contribution in [2.24, 2.45) is 7.05 Å². The van der Waals surface area contributed by atoms with E-state index in [2.05, 4.69) is 10.1 Å². The molecule has 2 rings (SSSR count). The van der Waals surface area contributed by atoms with Crippen LogP contribution in [-0.4, -0.2) is 19.7 Å². The van der Waals surface area contributed by atoms with Gasteiger partial charge >= 0.3 is 6.18 Å². The zero-order chi connectivity index (χ0) is 12.1. The zero-order valence-electron chi connectivity index (χ0n) is 7.96. The first-order valence-corrected chi connectivity index (χ1v) is 4.10. The van der Waals surface area contributed by atoms with E-state index in [0.717, 1.165) is 4.68 Å². The summed E-state index contributed by atoms with van der Waals surface area (Å²) in [6, 6.07) is 0. The fraction of sp³-hybridized carbons (Fsp3) is 0.286. The molecule has 0 radical (unpaired) electrons. The van der Waals surface area contributed by atoms with Crippen LogP contribution in [0, 0.1) is 0 Å². The van der Waals surface area contributed by atoms with E-state index >= 15 is 0 Å². The fourth-order valence-electron chi connectivity index (χ4n) is 1.26. The molecule has 0 saturated carbocycles. The molecule has 0 aromatic carbocycles. The molecule has 9 heteroatoms. The minimum atomic E-state index is -4.72. The van der Waals surface area contributed by atoms with Crippen LogP contribution in [0.5, 0.6) is 0 Å². The molecule has 0 saturated heterocycles. The quantitative estimate of drug-likeness (QED) is 0.682. The standard InChI is InChI=1S/C7H6F3N5O/c1-15-3(11)2-4(14-15)12-6(7(8,9)10)13-5(2)16/h11H2,1H3,(H,12,13,14,16). The normalized spacial score (nSPS) is 12.2. The molecule has 0 atom stereocenters. The molecule has 0 fully saturated rings. The Kier molecular flexibility index (Phi) is 1.94. The molecule has 0 unspecified atom stereocenters. The molecule has 0 aliphatic heterocycles. The lowest BCUT2D eigenvalue weighted by Gasteiger charge is -2.03. The van der Waals surface area contributed by atoms with E-state index in [0.29, 0.717) is 0 Å². The van der Waals surface area contributed by atoms with Crippen molar-refractivity contribution in [3.63, 3.8) is 0 Å². The topological polar surface area (TPSA) is 89.6 Å². The second kappa shape index (κ2) is 2.97. The number of alkyl halides is 3. The summed E-state index contributed by atoms with van der Waals surface area (Å²) in [5.74, 6) is -1.42. The third-order valence-electron chi connectivity index (χ3n) is 2.02. The van der Waals surface area contributed by atoms with Gasteiger partial charge < -0.3 is 10.7 Å². The Hall–Kier alpha value is -2.06. The maximum atomic E-state index is 12.3. The molecule has 3 N–H and O–H groups in total. The first-order valence-electron chi connectivity index (χ1n) is 4.10. The van der Waals surface area contributed by atoms with E-state index in [4.69, 9.17) is 5.73 Å². The number of nitrogens with one attached hydrogen (secondary N) is 1. The smallest absolute Gasteiger partial charge is 0.383 e. The summed E-state index contributed by atoms with van der Waals surface area (Å²) in [5.41, 5.74) is 4.18. The van der Waals surface area contributed by atoms with E-state index in [1.165, 1.54) is 7.05 Å². The molecular weight excluding hydrogens is 227 g/mol. The van der Waals surface area contributed by atoms with Crippen LogP contribution in [0.25, 0.3) is 11.0 Å². The molecule has 2 aromatic rings. The van der Waals surface area contributed by atoms with Gasteiger partial charge in [0.25, 0.3) is 5.56 Å². The van der Waals surface area contributed by atoms with Gasteiger partial charge in [-0.05, 0) is 0 Å². The number of aryl methyl sites for hydroxylation is 1. The molecule has 16 heavy (non-hydrogen) atoms. The Morgan fingerprint density at radius 2 is 2.06 bits per heavy atom. The summed E-state index contributed by atoms with van der Waals surface area (Å²) >= 11 is 0. The van der Waals surface area contributed by atoms with Crippen LogP contribution in [0.4, 0.5) is 19.0 Å². The Morgan fingerprint density at radius 1 is 1.44 bits per heavy atom. The fourth-order valence-corrected chi connectivity index (χ4v) is 1.26. The van der Waals surface area contributed by atoms with Gasteiger partial charge in [0, 0.05) is 7.05 Å². The number of H-pyrrole nitrogens is 1. The molecule has 6 nitrogen and oxygen atoms in total. The van der Waals surface area contributed by atoms with Gasteiger partial charge in [-0.1, -0.05) is 0 Å². The molecule has 0 aliphatic rings. The molecule has 0 spiro atoms. The molecule has 0 aliphatic carbocycles. The van der Waals surface area contributed by atoms with Crippen molar-refractivity contribution in [1.29, 1.82) is 0 Å². The van der Waals surface area contributed by atoms with Crippen LogP contribution in [0.15, 0.2) is 4.79 Å². The van der Waals surface area contributed by atoms with Gasteiger partial charge in [-0.3, -0.25) is 9.48 Å². The lowest BCUT2D eigenvalue weighted by atomic mass is 10.4. The Labute approximate surface area is 85.9 Å². The number of nitrogen functional groups attached to an aromatic ring is 1. The van der Waals surface area contributed by atoms with E-state index < -0.39 is 17.6 Å². The van der Waals surface area contributed by atoms with Crippen LogP contribution in [-0.2, 0) is 13.2 Å². The van der Waals surface area contributed by atoms with Crippen molar-refractivity contribution in [3.8, 4) is 0 Å². The predicted molar refractivity (Wildman–Crippen MR) is 48.5 cm³/mol. The number of hydrogen-bond acceptors (Lipinski definition) is 4. The number of aromatic nitrogens is 4. The van der Waals surface area contributed by atoms with E-state index in [-0.39, 0.29) is 16.9 Å². The van der Waals surface area contributed by atoms with Gasteiger partial charge in [0.2, 0.25) is 5.82 Å². The number of anilines is 1. The van der Waals surface area contributed by atoms with Gasteiger partial charge in [-0.25, -0.2) is 4.98 Å². The lowest BCUT2D eigenvalue weighted by Crippen LogP contribution is -2.19. The molecule has 2 aromatic heterocycles. The average molecular weight is 233 g/mol. The maximum absolute atomic E-state index is 12.3. The summed E-state index contributed by atoms with van der Waals surface area (Å²) in [7, 11) is 1.41. The van der Waals surface area contributed by atoms with Gasteiger partial charge in [-0.2, -0.15) is 18.3 Å². The van der Waals surface area contributed by atoms with Crippen molar-refractivity contribution in [1.82, 2.24) is 19.7 Å². The van der Waals surface area contributed by atoms with Crippen LogP contribution in [0.2, 0.25) is 0 Å². The van der Waals surface area contributed by atoms with Crippen LogP contribution < -0.4 is 11.3 Å². The maximum Gasteiger partial charge on any atom is 0.449 e. The SMILES string of the molecule is Cn1nc2nc(C(F)(F)F)[nH]c(=O)c2c1N. The minimum Gasteiger partial charge on any atom is -0.383 e. The summed E-state index contributed by atoms with van der Waals surface area (Å²) in [6.45, 7) is 0.